The second-order valence-electron chi connectivity index (χ2n) is 35.1. The van der Waals surface area contributed by atoms with Crippen molar-refractivity contribution < 1.29 is 0 Å². The van der Waals surface area contributed by atoms with Gasteiger partial charge >= 0.3 is 0 Å². The van der Waals surface area contributed by atoms with Crippen molar-refractivity contribution in [2.75, 3.05) is 19.6 Å². The smallest absolute Gasteiger partial charge is 0.251 e. The van der Waals surface area contributed by atoms with E-state index in [0.29, 0.717) is 0 Å². The Hall–Kier alpha value is -11.2. The number of benzene rings is 14. The Morgan fingerprint density at radius 2 is 0.546 bits per heavy atom. The number of nitrogens with zero attached hydrogens (tertiary/aromatic N) is 4. The van der Waals surface area contributed by atoms with Crippen LogP contribution in [-0.4, -0.2) is 29.6 Å². The Kier molecular flexibility index (Phi) is 14.5. The molecule has 0 aromatic heterocycles. The third kappa shape index (κ3) is 9.42. The van der Waals surface area contributed by atoms with Gasteiger partial charge in [-0.15, -0.1) is 0 Å². The SMILES string of the molecule is CC(C)(C)c1ccc(N2c3cccc4c3B3c5c2cc(C(C)(C)C)cc5[Si](c2ccccc2)(c2cccc(-c5ccc6c7c5N(c5ccccc5)c5cccc8c5B7c5c(cccc5[Si]8(c5ccccc5)c5ccccc5)N6c5ccccc5)c2)c2cc(C(C)(C)C)cc(c23)N4c2ccc(C(C)(C)C)cc2)cc1. The molecule has 4 nitrogen and oxygen atoms in total. The molecule has 14 aromatic carbocycles. The van der Waals surface area contributed by atoms with Gasteiger partial charge in [0.05, 0.1) is 5.69 Å². The van der Waals surface area contributed by atoms with Gasteiger partial charge in [-0.3, -0.25) is 0 Å². The van der Waals surface area contributed by atoms with Gasteiger partial charge in [-0.2, -0.15) is 0 Å². The average Bonchev–Trinajstić information content (AvgIpc) is 0.665. The average molecular weight is 1420 g/mol. The molecule has 0 spiro atoms. The Labute approximate surface area is 640 Å². The first-order valence-corrected chi connectivity index (χ1v) is 42.9. The number of hydrogen-bond donors (Lipinski definition) is 0. The highest BCUT2D eigenvalue weighted by Crippen LogP contribution is 2.51. The van der Waals surface area contributed by atoms with Crippen LogP contribution in [0.3, 0.4) is 0 Å². The molecule has 0 aliphatic carbocycles. The monoisotopic (exact) mass is 1420 g/mol. The summed E-state index contributed by atoms with van der Waals surface area (Å²) in [4.78, 5) is 10.7. The minimum atomic E-state index is -3.62. The second kappa shape index (κ2) is 23.7. The molecule has 108 heavy (non-hydrogen) atoms. The summed E-state index contributed by atoms with van der Waals surface area (Å²) < 4.78 is 0. The Morgan fingerprint density at radius 3 is 0.981 bits per heavy atom. The highest BCUT2D eigenvalue weighted by atomic mass is 28.3. The van der Waals surface area contributed by atoms with Crippen LogP contribution in [0.5, 0.6) is 0 Å². The molecule has 0 N–H and O–H groups in total. The van der Waals surface area contributed by atoms with Gasteiger partial charge in [-0.05, 0) is 215 Å². The van der Waals surface area contributed by atoms with Crippen LogP contribution in [-0.2, 0) is 21.7 Å². The van der Waals surface area contributed by atoms with Gasteiger partial charge in [0.2, 0.25) is 0 Å². The highest BCUT2D eigenvalue weighted by Gasteiger charge is 2.60. The Bertz CT molecular complexity index is 5780. The van der Waals surface area contributed by atoms with Crippen molar-refractivity contribution in [3.8, 4) is 11.1 Å². The van der Waals surface area contributed by atoms with E-state index in [4.69, 9.17) is 0 Å². The van der Waals surface area contributed by atoms with Crippen LogP contribution < -0.4 is 93.9 Å². The summed E-state index contributed by atoms with van der Waals surface area (Å²) in [5.41, 5.74) is 30.1. The molecule has 6 aliphatic rings. The molecular weight excluding hydrogens is 1330 g/mol. The topological polar surface area (TPSA) is 13.0 Å². The number of rotatable bonds is 9. The first-order chi connectivity index (χ1) is 52.1. The number of hydrogen-bond acceptors (Lipinski definition) is 4. The summed E-state index contributed by atoms with van der Waals surface area (Å²) in [6, 6.07) is 125. The van der Waals surface area contributed by atoms with Gasteiger partial charge in [0.1, 0.15) is 0 Å². The fourth-order valence-electron chi connectivity index (χ4n) is 20.0. The zero-order valence-electron chi connectivity index (χ0n) is 64.0. The summed E-state index contributed by atoms with van der Waals surface area (Å²) in [5.74, 6) is 0. The van der Waals surface area contributed by atoms with Gasteiger partial charge in [-0.25, -0.2) is 0 Å². The molecule has 0 unspecified atom stereocenters. The van der Waals surface area contributed by atoms with E-state index < -0.39 is 16.1 Å². The lowest BCUT2D eigenvalue weighted by Crippen LogP contribution is -2.88. The van der Waals surface area contributed by atoms with Crippen LogP contribution >= 0.6 is 0 Å². The molecule has 0 radical (unpaired) electrons. The number of para-hydroxylation sites is 2. The zero-order chi connectivity index (χ0) is 73.7. The van der Waals surface area contributed by atoms with Crippen LogP contribution in [0.15, 0.2) is 315 Å². The van der Waals surface area contributed by atoms with Gasteiger partial charge < -0.3 is 19.6 Å². The summed E-state index contributed by atoms with van der Waals surface area (Å²) in [5, 5.41) is 11.4. The summed E-state index contributed by atoms with van der Waals surface area (Å²) in [7, 11) is -6.72. The molecule has 0 fully saturated rings. The van der Waals surface area contributed by atoms with E-state index in [1.54, 1.807) is 0 Å². The van der Waals surface area contributed by atoms with E-state index in [-0.39, 0.29) is 35.1 Å². The third-order valence-electron chi connectivity index (χ3n) is 25.0. The highest BCUT2D eigenvalue weighted by molar-refractivity contribution is 7.28. The fraction of sp³-hybridized carbons (Fsp3) is 0.160. The lowest BCUT2D eigenvalue weighted by atomic mass is 9.33. The second-order valence-corrected chi connectivity index (χ2v) is 42.6. The van der Waals surface area contributed by atoms with Crippen molar-refractivity contribution in [3.63, 3.8) is 0 Å². The van der Waals surface area contributed by atoms with E-state index in [1.165, 1.54) is 165 Å². The van der Waals surface area contributed by atoms with Crippen molar-refractivity contribution in [1.82, 2.24) is 0 Å². The van der Waals surface area contributed by atoms with Crippen LogP contribution in [0.2, 0.25) is 0 Å². The normalized spacial score (nSPS) is 15.1. The van der Waals surface area contributed by atoms with Crippen LogP contribution in [0.4, 0.5) is 68.2 Å². The first kappa shape index (κ1) is 66.3. The van der Waals surface area contributed by atoms with Crippen LogP contribution in [0.25, 0.3) is 11.1 Å². The fourth-order valence-corrected chi connectivity index (χ4v) is 30.7. The summed E-state index contributed by atoms with van der Waals surface area (Å²) in [6.07, 6.45) is 0. The molecule has 20 rings (SSSR count). The molecule has 6 heterocycles. The quantitative estimate of drug-likeness (QED) is 0.134. The van der Waals surface area contributed by atoms with Crippen molar-refractivity contribution >= 4 is 172 Å². The van der Waals surface area contributed by atoms with Crippen LogP contribution in [0.1, 0.15) is 105 Å². The van der Waals surface area contributed by atoms with E-state index >= 15 is 0 Å². The molecule has 0 amide bonds. The Morgan fingerprint density at radius 1 is 0.222 bits per heavy atom. The van der Waals surface area contributed by atoms with Gasteiger partial charge in [0.15, 0.2) is 16.1 Å². The predicted octanol–water partition coefficient (Wildman–Crippen LogP) is 16.1. The zero-order valence-corrected chi connectivity index (χ0v) is 66.0. The van der Waals surface area contributed by atoms with Crippen molar-refractivity contribution in [2.45, 2.75) is 105 Å². The largest absolute Gasteiger partial charge is 0.311 e. The standard InChI is InChI=1S/C100H88B2N4Si2/c1-97(2,3)66-50-54-72(55-51-66)104-79-44-29-45-80-90(79)101-93-84(104)61-68(99(7,8)9)63-88(93)108(76-41-26-17-27-42-76,89-64-69(100(10,11)12)62-85(94(89)101)105(80)73-56-52-67(53-57-73)98(4,5)6)77-43-28-32-65(60-77)78-58-59-83-95-96(78)106(71-35-20-14-21-36-71)82-47-31-49-87-92(82)102(95)91-81(103(83)70-33-18-13-19-34-70)46-30-48-86(91)107(87,74-37-22-15-23-38-74)75-39-24-16-25-40-75/h13-64H,1-12H3. The van der Waals surface area contributed by atoms with E-state index in [1.807, 2.05) is 0 Å². The lowest BCUT2D eigenvalue weighted by molar-refractivity contribution is 0.590. The molecule has 522 valence electrons. The predicted molar refractivity (Wildman–Crippen MR) is 469 cm³/mol. The van der Waals surface area contributed by atoms with Gasteiger partial charge in [0, 0.05) is 68.1 Å². The maximum Gasteiger partial charge on any atom is 0.251 e. The maximum atomic E-state index is 2.74. The van der Waals surface area contributed by atoms with E-state index in [2.05, 4.69) is 418 Å². The molecular formula is C100H88B2N4Si2. The first-order valence-electron chi connectivity index (χ1n) is 38.9. The number of anilines is 12. The lowest BCUT2D eigenvalue weighted by Gasteiger charge is -2.52. The Balaban J connectivity index is 0.918. The van der Waals surface area contributed by atoms with Gasteiger partial charge in [0.25, 0.3) is 13.4 Å². The minimum absolute atomic E-state index is 0.0230. The van der Waals surface area contributed by atoms with Crippen molar-refractivity contribution in [3.05, 3.63) is 338 Å². The molecule has 6 aliphatic heterocycles. The molecule has 0 saturated heterocycles. The maximum absolute atomic E-state index is 3.62. The van der Waals surface area contributed by atoms with Gasteiger partial charge in [-0.1, -0.05) is 308 Å². The molecule has 14 aromatic rings. The van der Waals surface area contributed by atoms with Crippen molar-refractivity contribution in [1.29, 1.82) is 0 Å². The van der Waals surface area contributed by atoms with Crippen molar-refractivity contribution in [2.24, 2.45) is 0 Å². The third-order valence-corrected chi connectivity index (χ3v) is 34.7. The van der Waals surface area contributed by atoms with E-state index in [9.17, 15) is 0 Å². The summed E-state index contributed by atoms with van der Waals surface area (Å²) in [6.45, 7) is 28.4. The van der Waals surface area contributed by atoms with Crippen LogP contribution in [0, 0.1) is 0 Å². The molecule has 0 bridgehead atoms. The van der Waals surface area contributed by atoms with E-state index in [0.717, 1.165) is 11.4 Å². The molecule has 8 heteroatoms. The summed E-state index contributed by atoms with van der Waals surface area (Å²) >= 11 is 0. The molecule has 0 atom stereocenters. The minimum Gasteiger partial charge on any atom is -0.311 e. The molecule has 0 saturated carbocycles.